The molecule has 0 amide bonds. The van der Waals surface area contributed by atoms with Gasteiger partial charge in [0.25, 0.3) is 0 Å². The Morgan fingerprint density at radius 2 is 0.657 bits per heavy atom. The molecule has 4 aromatic rings. The molecule has 0 atom stereocenters. The molecule has 35 heavy (non-hydrogen) atoms. The zero-order valence-corrected chi connectivity index (χ0v) is 21.5. The minimum absolute atomic E-state index is 0.429. The van der Waals surface area contributed by atoms with Crippen LogP contribution in [-0.4, -0.2) is 0 Å². The van der Waals surface area contributed by atoms with Crippen molar-refractivity contribution in [3.63, 3.8) is 0 Å². The summed E-state index contributed by atoms with van der Waals surface area (Å²) in [6.07, 6.45) is 1.75. The second kappa shape index (κ2) is 11.1. The summed E-state index contributed by atoms with van der Waals surface area (Å²) in [5.74, 6) is 0.859. The molecule has 4 rings (SSSR count). The fraction of sp³-hybridized carbons (Fsp3) is 0.294. The smallest absolute Gasteiger partial charge is 0.120 e. The van der Waals surface area contributed by atoms with Crippen molar-refractivity contribution in [2.75, 3.05) is 0 Å². The van der Waals surface area contributed by atoms with E-state index in [0.29, 0.717) is 11.8 Å². The highest BCUT2D eigenvalue weighted by Crippen LogP contribution is 2.50. The van der Waals surface area contributed by atoms with Crippen LogP contribution < -0.4 is 0 Å². The van der Waals surface area contributed by atoms with Crippen molar-refractivity contribution in [1.29, 1.82) is 0 Å². The van der Waals surface area contributed by atoms with Crippen LogP contribution in [0.25, 0.3) is 0 Å². The highest BCUT2D eigenvalue weighted by atomic mass is 16.5. The first-order valence-corrected chi connectivity index (χ1v) is 12.9. The van der Waals surface area contributed by atoms with Crippen LogP contribution in [0.15, 0.2) is 121 Å². The lowest BCUT2D eigenvalue weighted by Gasteiger charge is -2.47. The second-order valence-corrected chi connectivity index (χ2v) is 10.4. The molecule has 0 bridgehead atoms. The highest BCUT2D eigenvalue weighted by molar-refractivity contribution is 5.41. The predicted molar refractivity (Wildman–Crippen MR) is 147 cm³/mol. The van der Waals surface area contributed by atoms with Crippen LogP contribution >= 0.6 is 0 Å². The molecule has 1 heteroatoms. The molecule has 0 aliphatic heterocycles. The fourth-order valence-corrected chi connectivity index (χ4v) is 5.40. The topological polar surface area (TPSA) is 9.23 Å². The number of benzene rings is 4. The number of rotatable bonds is 10. The van der Waals surface area contributed by atoms with Gasteiger partial charge < -0.3 is 4.74 Å². The van der Waals surface area contributed by atoms with Gasteiger partial charge in [0.1, 0.15) is 11.2 Å². The monoisotopic (exact) mass is 462 g/mol. The molecular weight excluding hydrogens is 424 g/mol. The van der Waals surface area contributed by atoms with E-state index in [1.807, 2.05) is 0 Å². The summed E-state index contributed by atoms with van der Waals surface area (Å²) in [4.78, 5) is 0. The van der Waals surface area contributed by atoms with Crippen molar-refractivity contribution in [2.45, 2.75) is 51.7 Å². The van der Waals surface area contributed by atoms with Crippen LogP contribution in [0.4, 0.5) is 0 Å². The van der Waals surface area contributed by atoms with Crippen LogP contribution in [0.2, 0.25) is 0 Å². The van der Waals surface area contributed by atoms with Crippen LogP contribution in [0.5, 0.6) is 0 Å². The van der Waals surface area contributed by atoms with Crippen LogP contribution in [0, 0.1) is 11.8 Å². The summed E-state index contributed by atoms with van der Waals surface area (Å²) in [5, 5.41) is 0. The highest BCUT2D eigenvalue weighted by Gasteiger charge is 2.47. The van der Waals surface area contributed by atoms with Crippen molar-refractivity contribution in [3.05, 3.63) is 144 Å². The van der Waals surface area contributed by atoms with Gasteiger partial charge in [-0.1, -0.05) is 149 Å². The van der Waals surface area contributed by atoms with Crippen LogP contribution in [-0.2, 0) is 15.9 Å². The van der Waals surface area contributed by atoms with E-state index in [1.54, 1.807) is 0 Å². The minimum atomic E-state index is -0.614. The predicted octanol–water partition coefficient (Wildman–Crippen LogP) is 8.98. The number of hydrogen-bond acceptors (Lipinski definition) is 1. The van der Waals surface area contributed by atoms with Crippen molar-refractivity contribution in [3.8, 4) is 0 Å². The minimum Gasteiger partial charge on any atom is -0.350 e. The van der Waals surface area contributed by atoms with E-state index in [9.17, 15) is 0 Å². The molecule has 0 saturated carbocycles. The summed E-state index contributed by atoms with van der Waals surface area (Å²) in [5.41, 5.74) is 3.55. The molecular formula is C34H38O. The largest absolute Gasteiger partial charge is 0.350 e. The van der Waals surface area contributed by atoms with E-state index < -0.39 is 11.2 Å². The number of hydrogen-bond donors (Lipinski definition) is 0. The molecule has 0 N–H and O–H groups in total. The molecule has 0 aliphatic rings. The lowest BCUT2D eigenvalue weighted by atomic mass is 9.75. The third kappa shape index (κ3) is 5.41. The maximum Gasteiger partial charge on any atom is 0.120 e. The zero-order valence-electron chi connectivity index (χ0n) is 21.5. The summed E-state index contributed by atoms with van der Waals surface area (Å²) in [7, 11) is 0. The maximum absolute atomic E-state index is 7.79. The van der Waals surface area contributed by atoms with Gasteiger partial charge in [-0.2, -0.15) is 0 Å². The van der Waals surface area contributed by atoms with Crippen molar-refractivity contribution >= 4 is 0 Å². The Balaban J connectivity index is 2.05. The Bertz CT molecular complexity index is 974. The van der Waals surface area contributed by atoms with Crippen molar-refractivity contribution < 1.29 is 4.74 Å². The van der Waals surface area contributed by atoms with E-state index in [-0.39, 0.29) is 0 Å². The summed E-state index contributed by atoms with van der Waals surface area (Å²) >= 11 is 0. The molecule has 1 nitrogen and oxygen atoms in total. The molecule has 4 aromatic carbocycles. The molecule has 0 unspecified atom stereocenters. The SMILES string of the molecule is CC(C)CC(OC(CC(C)C)(c1ccccc1)c1ccccc1)(c1ccccc1)c1ccccc1. The second-order valence-electron chi connectivity index (χ2n) is 10.4. The molecule has 0 spiro atoms. The van der Waals surface area contributed by atoms with Gasteiger partial charge in [0.2, 0.25) is 0 Å². The Morgan fingerprint density at radius 3 is 0.857 bits per heavy atom. The van der Waals surface area contributed by atoms with Crippen LogP contribution in [0.3, 0.4) is 0 Å². The van der Waals surface area contributed by atoms with Crippen molar-refractivity contribution in [2.24, 2.45) is 11.8 Å². The zero-order chi connectivity index (χ0) is 24.7. The standard InChI is InChI=1S/C34H38O/c1-27(2)25-33(29-17-9-5-10-18-29,30-19-11-6-12-20-30)35-34(26-28(3)4,31-21-13-7-14-22-31)32-23-15-8-16-24-32/h5-24,27-28H,25-26H2,1-4H3. The van der Waals surface area contributed by atoms with Gasteiger partial charge in [-0.3, -0.25) is 0 Å². The molecule has 0 radical (unpaired) electrons. The molecule has 0 fully saturated rings. The Hall–Kier alpha value is -3.16. The van der Waals surface area contributed by atoms with Gasteiger partial charge in [-0.25, -0.2) is 0 Å². The molecule has 0 aromatic heterocycles. The van der Waals surface area contributed by atoms with E-state index >= 15 is 0 Å². The Morgan fingerprint density at radius 1 is 0.429 bits per heavy atom. The fourth-order valence-electron chi connectivity index (χ4n) is 5.40. The lowest BCUT2D eigenvalue weighted by molar-refractivity contribution is -0.143. The maximum atomic E-state index is 7.79. The molecule has 0 aliphatic carbocycles. The molecule has 0 heterocycles. The van der Waals surface area contributed by atoms with Crippen molar-refractivity contribution in [1.82, 2.24) is 0 Å². The molecule has 0 saturated heterocycles. The molecule has 180 valence electrons. The third-order valence-corrected chi connectivity index (χ3v) is 6.70. The van der Waals surface area contributed by atoms with E-state index in [1.165, 1.54) is 22.3 Å². The van der Waals surface area contributed by atoms with E-state index in [0.717, 1.165) is 12.8 Å². The Kier molecular flexibility index (Phi) is 7.88. The summed E-state index contributed by atoms with van der Waals surface area (Å²) < 4.78 is 7.79. The average molecular weight is 463 g/mol. The first-order valence-electron chi connectivity index (χ1n) is 12.9. The summed E-state index contributed by atoms with van der Waals surface area (Å²) in [6, 6.07) is 43.2. The first kappa shape index (κ1) is 24.9. The average Bonchev–Trinajstić information content (AvgIpc) is 2.89. The van der Waals surface area contributed by atoms with Gasteiger partial charge in [0.15, 0.2) is 0 Å². The van der Waals surface area contributed by atoms with Gasteiger partial charge >= 0.3 is 0 Å². The van der Waals surface area contributed by atoms with E-state index in [2.05, 4.69) is 149 Å². The lowest BCUT2D eigenvalue weighted by Crippen LogP contribution is -2.44. The Labute approximate surface area is 211 Å². The van der Waals surface area contributed by atoms with Gasteiger partial charge in [0, 0.05) is 0 Å². The summed E-state index contributed by atoms with van der Waals surface area (Å²) in [6.45, 7) is 9.16. The van der Waals surface area contributed by atoms with E-state index in [4.69, 9.17) is 4.74 Å². The third-order valence-electron chi connectivity index (χ3n) is 6.70. The van der Waals surface area contributed by atoms with Crippen LogP contribution in [0.1, 0.15) is 62.8 Å². The normalized spacial score (nSPS) is 12.3. The number of ether oxygens (including phenoxy) is 1. The van der Waals surface area contributed by atoms with Gasteiger partial charge in [0.05, 0.1) is 0 Å². The quantitative estimate of drug-likeness (QED) is 0.228. The van der Waals surface area contributed by atoms with Gasteiger partial charge in [-0.05, 0) is 46.9 Å². The van der Waals surface area contributed by atoms with Gasteiger partial charge in [-0.15, -0.1) is 0 Å². The first-order chi connectivity index (χ1) is 17.0.